The van der Waals surface area contributed by atoms with Gasteiger partial charge in [0.25, 0.3) is 0 Å². The highest BCUT2D eigenvalue weighted by molar-refractivity contribution is 7.90. The molecule has 1 heterocycles. The SMILES string of the molecule is C/C=C/C[C@@H](C)[C@@H](OC(C)=O)[C@H]1C(=O)N[C@@H](CC)C(=O)N(C)[C@H](CCCO)C(=O)N(C)[C@@H]([C@H](C)CS(C)(=O)=O)C(=O)C[C@@H](C(C)C)C(=O)N(C)[C@@H](CC(C)C)C(=O)C[C@@H](C)C(=O)C[C@H](C)C(=O)N(C)[C@@H](CC(C)C)C(=O)N(C)[C@@H](CC(C)C)C(=O)N(C)[C@@H](C(C)C)C(=O)N1C. The third-order valence-corrected chi connectivity index (χ3v) is 19.7. The lowest BCUT2D eigenvalue weighted by molar-refractivity contribution is -0.164. The number of ketones is 3. The molecule has 1 fully saturated rings. The number of carbonyl (C=O) groups is 12. The fraction of sp³-hybridized carbons (Fsp3) is 0.800. The van der Waals surface area contributed by atoms with E-state index in [9.17, 15) is 37.5 Å². The molecule has 544 valence electrons. The fourth-order valence-electron chi connectivity index (χ4n) is 13.0. The first-order valence-corrected chi connectivity index (χ1v) is 36.2. The predicted molar refractivity (Wildman–Crippen MR) is 366 cm³/mol. The van der Waals surface area contributed by atoms with Gasteiger partial charge < -0.3 is 49.5 Å². The van der Waals surface area contributed by atoms with Crippen molar-refractivity contribution in [2.75, 3.05) is 67.9 Å². The van der Waals surface area contributed by atoms with Crippen molar-refractivity contribution in [2.45, 2.75) is 236 Å². The standard InChI is InChI=1S/C70H122N8O16S/c1-26-28-30-45(13)62(94-49(17)80)61-63(84)71-51(27-2)66(87)72(18)52(31-29-32-79)67(88)77(23)60(48(16)39-95(25,92)93)58(83)38-50(43(9)10)65(86)73(19)53(33-40(3)4)57(82)36-46(14)56(81)37-47(15)64(85)74(20)54(34-41(5)6)68(89)75(21)55(35-42(7)8)69(90)76(22)59(44(11)12)70(91)78(61)24/h26,28,40-48,50-55,59-62,79H,27,29-39H2,1-25H3,(H,71,84)/b28-26+/t45-,46-,47+,48-,50+,51+,52-,53+,54+,55+,59+,60+,61+,62-/m1/s1. The number of amides is 8. The van der Waals surface area contributed by atoms with Gasteiger partial charge in [-0.15, -0.1) is 0 Å². The zero-order valence-corrected chi connectivity index (χ0v) is 63.0. The number of aliphatic hydroxyl groups is 1. The van der Waals surface area contributed by atoms with Gasteiger partial charge in [0.05, 0.1) is 17.8 Å². The van der Waals surface area contributed by atoms with Gasteiger partial charge in [0.2, 0.25) is 47.3 Å². The van der Waals surface area contributed by atoms with Crippen molar-refractivity contribution in [3.05, 3.63) is 12.2 Å². The summed E-state index contributed by atoms with van der Waals surface area (Å²) in [5, 5.41) is 13.0. The molecule has 8 amide bonds. The normalized spacial score (nSPS) is 26.7. The average Bonchev–Trinajstić information content (AvgIpc) is 0.818. The van der Waals surface area contributed by atoms with E-state index in [0.29, 0.717) is 0 Å². The Kier molecular flexibility index (Phi) is 36.0. The Hall–Kier alpha value is -6.11. The first-order chi connectivity index (χ1) is 43.8. The number of ether oxygens (including phenoxy) is 1. The van der Waals surface area contributed by atoms with Crippen LogP contribution in [0.2, 0.25) is 0 Å². The van der Waals surface area contributed by atoms with Gasteiger partial charge in [-0.25, -0.2) is 8.42 Å². The van der Waals surface area contributed by atoms with E-state index in [-0.39, 0.29) is 75.5 Å². The zero-order valence-electron chi connectivity index (χ0n) is 62.2. The maximum absolute atomic E-state index is 15.5. The van der Waals surface area contributed by atoms with E-state index in [0.717, 1.165) is 27.9 Å². The van der Waals surface area contributed by atoms with Gasteiger partial charge >= 0.3 is 5.97 Å². The molecule has 1 rings (SSSR count). The van der Waals surface area contributed by atoms with Crippen LogP contribution >= 0.6 is 0 Å². The highest BCUT2D eigenvalue weighted by Crippen LogP contribution is 2.31. The summed E-state index contributed by atoms with van der Waals surface area (Å²) in [7, 11) is 5.88. The van der Waals surface area contributed by atoms with E-state index in [1.54, 1.807) is 74.5 Å². The van der Waals surface area contributed by atoms with Gasteiger partial charge in [0.1, 0.15) is 58.0 Å². The molecular formula is C70H122N8O16S. The van der Waals surface area contributed by atoms with Crippen LogP contribution in [-0.2, 0) is 72.1 Å². The number of likely N-dealkylation sites (N-methyl/N-ethyl adjacent to an activating group) is 7. The van der Waals surface area contributed by atoms with E-state index in [1.165, 1.54) is 75.9 Å². The average molecular weight is 1360 g/mol. The predicted octanol–water partition coefficient (Wildman–Crippen LogP) is 5.89. The lowest BCUT2D eigenvalue weighted by atomic mass is 9.83. The monoisotopic (exact) mass is 1360 g/mol. The number of hydrogen-bond acceptors (Lipinski definition) is 16. The maximum atomic E-state index is 15.5. The number of nitrogens with one attached hydrogen (secondary N) is 1. The van der Waals surface area contributed by atoms with Gasteiger partial charge in [-0.1, -0.05) is 116 Å². The second-order valence-corrected chi connectivity index (χ2v) is 31.3. The third-order valence-electron chi connectivity index (χ3n) is 18.6. The second-order valence-electron chi connectivity index (χ2n) is 29.1. The Balaban J connectivity index is 4.68. The molecule has 95 heavy (non-hydrogen) atoms. The van der Waals surface area contributed by atoms with Crippen LogP contribution in [0.1, 0.15) is 182 Å². The van der Waals surface area contributed by atoms with Gasteiger partial charge in [0, 0.05) is 106 Å². The molecule has 0 radical (unpaired) electrons. The number of aliphatic hydroxyl groups excluding tert-OH is 1. The molecule has 14 atom stereocenters. The van der Waals surface area contributed by atoms with Crippen LogP contribution in [-0.4, -0.2) is 241 Å². The largest absolute Gasteiger partial charge is 0.459 e. The lowest BCUT2D eigenvalue weighted by Crippen LogP contribution is -2.64. The number of hydrogen-bond donors (Lipinski definition) is 2. The summed E-state index contributed by atoms with van der Waals surface area (Å²) >= 11 is 0. The van der Waals surface area contributed by atoms with Crippen LogP contribution < -0.4 is 5.32 Å². The van der Waals surface area contributed by atoms with Gasteiger partial charge in [-0.05, 0) is 93.3 Å². The molecule has 0 aromatic carbocycles. The molecule has 0 spiro atoms. The minimum atomic E-state index is -3.84. The van der Waals surface area contributed by atoms with Gasteiger partial charge in [0.15, 0.2) is 11.6 Å². The molecule has 0 saturated carbocycles. The Morgan fingerprint density at radius 3 is 1.45 bits per heavy atom. The van der Waals surface area contributed by atoms with Crippen molar-refractivity contribution >= 4 is 80.4 Å². The number of carbonyl (C=O) groups excluding carboxylic acids is 12. The topological polar surface area (TPSA) is 303 Å². The van der Waals surface area contributed by atoms with Crippen molar-refractivity contribution < 1.29 is 75.8 Å². The van der Waals surface area contributed by atoms with Gasteiger partial charge in [-0.2, -0.15) is 0 Å². The van der Waals surface area contributed by atoms with Crippen molar-refractivity contribution in [3.63, 3.8) is 0 Å². The molecule has 1 aliphatic heterocycles. The van der Waals surface area contributed by atoms with E-state index in [4.69, 9.17) is 4.74 Å². The van der Waals surface area contributed by atoms with Crippen LogP contribution in [0.25, 0.3) is 0 Å². The molecule has 0 bridgehead atoms. The van der Waals surface area contributed by atoms with Crippen LogP contribution in [0.4, 0.5) is 0 Å². The first kappa shape index (κ1) is 86.9. The molecular weight excluding hydrogens is 1240 g/mol. The molecule has 25 heteroatoms. The Bertz CT molecular complexity index is 2790. The van der Waals surface area contributed by atoms with E-state index >= 15 is 33.6 Å². The molecule has 24 nitrogen and oxygen atoms in total. The molecule has 0 aliphatic carbocycles. The first-order valence-electron chi connectivity index (χ1n) is 34.1. The van der Waals surface area contributed by atoms with Gasteiger partial charge in [-0.3, -0.25) is 57.5 Å². The minimum Gasteiger partial charge on any atom is -0.459 e. The molecule has 1 saturated heterocycles. The zero-order chi connectivity index (χ0) is 73.8. The van der Waals surface area contributed by atoms with Crippen molar-refractivity contribution in [1.29, 1.82) is 0 Å². The quantitative estimate of drug-likeness (QED) is 0.106. The number of nitrogens with zero attached hydrogens (tertiary/aromatic N) is 7. The minimum absolute atomic E-state index is 0.0430. The number of Topliss-reactive ketones (excluding diaryl/α,β-unsaturated/α-hetero) is 3. The van der Waals surface area contributed by atoms with Crippen LogP contribution in [0.15, 0.2) is 12.2 Å². The van der Waals surface area contributed by atoms with E-state index in [1.807, 2.05) is 41.5 Å². The van der Waals surface area contributed by atoms with Crippen molar-refractivity contribution in [2.24, 2.45) is 59.2 Å². The smallest absolute Gasteiger partial charge is 0.303 e. The third kappa shape index (κ3) is 25.0. The summed E-state index contributed by atoms with van der Waals surface area (Å²) in [6.45, 7) is 28.4. The highest BCUT2D eigenvalue weighted by Gasteiger charge is 2.48. The van der Waals surface area contributed by atoms with Crippen LogP contribution in [0, 0.1) is 59.2 Å². The number of allylic oxidation sites excluding steroid dienone is 2. The van der Waals surface area contributed by atoms with Crippen molar-refractivity contribution in [1.82, 2.24) is 39.6 Å². The molecule has 1 aliphatic rings. The Morgan fingerprint density at radius 2 is 1.00 bits per heavy atom. The van der Waals surface area contributed by atoms with Crippen LogP contribution in [0.5, 0.6) is 0 Å². The summed E-state index contributed by atoms with van der Waals surface area (Å²) in [5.74, 6) is -15.2. The van der Waals surface area contributed by atoms with Crippen molar-refractivity contribution in [3.8, 4) is 0 Å². The summed E-state index contributed by atoms with van der Waals surface area (Å²) in [6.07, 6.45) is 2.37. The second kappa shape index (κ2) is 39.3. The molecule has 0 unspecified atom stereocenters. The molecule has 2 N–H and O–H groups in total. The summed E-state index contributed by atoms with van der Waals surface area (Å²) in [4.78, 5) is 187. The number of esters is 1. The number of rotatable bonds is 20. The van der Waals surface area contributed by atoms with Crippen LogP contribution in [0.3, 0.4) is 0 Å². The lowest BCUT2D eigenvalue weighted by Gasteiger charge is -2.42. The fourth-order valence-corrected chi connectivity index (χ4v) is 14.2. The van der Waals surface area contributed by atoms with E-state index in [2.05, 4.69) is 5.32 Å². The summed E-state index contributed by atoms with van der Waals surface area (Å²) < 4.78 is 32.0. The molecule has 0 aromatic heterocycles. The maximum Gasteiger partial charge on any atom is 0.303 e. The summed E-state index contributed by atoms with van der Waals surface area (Å²) in [5.41, 5.74) is 0. The van der Waals surface area contributed by atoms with E-state index < -0.39 is 195 Å². The highest BCUT2D eigenvalue weighted by atomic mass is 32.2. The number of sulfone groups is 1. The summed E-state index contributed by atoms with van der Waals surface area (Å²) in [6, 6.07) is -10.9. The Morgan fingerprint density at radius 1 is 0.558 bits per heavy atom. The Labute approximate surface area is 569 Å². The molecule has 0 aromatic rings.